The molecule has 1 aliphatic carbocycles. The van der Waals surface area contributed by atoms with Gasteiger partial charge >= 0.3 is 17.9 Å². The molecule has 0 saturated carbocycles. The summed E-state index contributed by atoms with van der Waals surface area (Å²) < 4.78 is 17.7. The van der Waals surface area contributed by atoms with Gasteiger partial charge in [-0.25, -0.2) is 14.4 Å². The third kappa shape index (κ3) is 8.49. The van der Waals surface area contributed by atoms with Gasteiger partial charge in [-0.1, -0.05) is 92.0 Å². The minimum atomic E-state index is -0.654. The van der Waals surface area contributed by atoms with Crippen molar-refractivity contribution < 1.29 is 28.6 Å². The van der Waals surface area contributed by atoms with Crippen LogP contribution in [-0.2, 0) is 40.1 Å². The van der Waals surface area contributed by atoms with E-state index in [-0.39, 0.29) is 12.8 Å². The van der Waals surface area contributed by atoms with Crippen LogP contribution in [0.3, 0.4) is 0 Å². The molecular formula is C43H33ClN2O6. The number of para-hydroxylation sites is 2. The number of carbonyl (C=O) groups excluding carboxylic acids is 3. The highest BCUT2D eigenvalue weighted by molar-refractivity contribution is 6.30. The fourth-order valence-corrected chi connectivity index (χ4v) is 6.16. The van der Waals surface area contributed by atoms with Crippen LogP contribution in [0.2, 0.25) is 5.02 Å². The molecule has 0 radical (unpaired) electrons. The highest BCUT2D eigenvalue weighted by Gasteiger charge is 2.22. The first kappa shape index (κ1) is 35.4. The van der Waals surface area contributed by atoms with E-state index in [1.807, 2.05) is 60.7 Å². The Labute approximate surface area is 306 Å². The van der Waals surface area contributed by atoms with Gasteiger partial charge in [-0.3, -0.25) is 0 Å². The van der Waals surface area contributed by atoms with Gasteiger partial charge in [0.1, 0.15) is 17.2 Å². The van der Waals surface area contributed by atoms with Gasteiger partial charge in [-0.05, 0) is 69.8 Å². The van der Waals surface area contributed by atoms with Crippen molar-refractivity contribution in [2.75, 3.05) is 0 Å². The smallest absolute Gasteiger partial charge is 0.335 e. The summed E-state index contributed by atoms with van der Waals surface area (Å²) in [5.74, 6) is -0.828. The maximum absolute atomic E-state index is 12.8. The van der Waals surface area contributed by atoms with Crippen LogP contribution in [0.4, 0.5) is 11.4 Å². The number of halogens is 1. The second-order valence-corrected chi connectivity index (χ2v) is 12.4. The predicted octanol–water partition coefficient (Wildman–Crippen LogP) is 9.71. The standard InChI is InChI=1S/C43H33ClN2O6/c1-4-38(47)50-41-29-12-8-13-30(41)23-31-14-9-15-32(42(31)51-39(48)5-2)24-34-26-37(46-45-36-18-16-35(44)17-19-36)25-33(43(34)52-40(49)6-3)22-28-11-7-10-27(20-28)21-29/h4-20,25-26H,1-3,21-24H2. The Kier molecular flexibility index (Phi) is 11.0. The highest BCUT2D eigenvalue weighted by Crippen LogP contribution is 2.39. The molecule has 5 aromatic rings. The van der Waals surface area contributed by atoms with Gasteiger partial charge in [0.15, 0.2) is 0 Å². The van der Waals surface area contributed by atoms with E-state index in [0.717, 1.165) is 34.9 Å². The third-order valence-corrected chi connectivity index (χ3v) is 8.59. The normalized spacial score (nSPS) is 12.0. The zero-order chi connectivity index (χ0) is 36.6. The van der Waals surface area contributed by atoms with Crippen LogP contribution in [0, 0.1) is 0 Å². The molecule has 0 atom stereocenters. The summed E-state index contributed by atoms with van der Waals surface area (Å²) in [6, 6.07) is 29.8. The minimum Gasteiger partial charge on any atom is -0.423 e. The molecule has 0 amide bonds. The number of rotatable bonds is 8. The Bertz CT molecular complexity index is 2260. The fourth-order valence-electron chi connectivity index (χ4n) is 6.03. The topological polar surface area (TPSA) is 104 Å². The van der Waals surface area contributed by atoms with E-state index >= 15 is 0 Å². The van der Waals surface area contributed by atoms with Crippen LogP contribution < -0.4 is 14.2 Å². The number of esters is 3. The van der Waals surface area contributed by atoms with E-state index in [1.165, 1.54) is 0 Å². The van der Waals surface area contributed by atoms with Gasteiger partial charge in [0.05, 0.1) is 11.4 Å². The summed E-state index contributed by atoms with van der Waals surface area (Å²) in [4.78, 5) is 38.2. The van der Waals surface area contributed by atoms with Gasteiger partial charge in [0.2, 0.25) is 0 Å². The summed E-state index contributed by atoms with van der Waals surface area (Å²) >= 11 is 6.08. The van der Waals surface area contributed by atoms with E-state index < -0.39 is 17.9 Å². The van der Waals surface area contributed by atoms with E-state index in [4.69, 9.17) is 25.8 Å². The van der Waals surface area contributed by atoms with Crippen molar-refractivity contribution in [2.24, 2.45) is 10.2 Å². The molecule has 52 heavy (non-hydrogen) atoms. The van der Waals surface area contributed by atoms with Crippen molar-refractivity contribution in [1.29, 1.82) is 0 Å². The number of carbonyl (C=O) groups is 3. The summed E-state index contributed by atoms with van der Waals surface area (Å²) in [6.07, 6.45) is 4.55. The number of azo groups is 1. The van der Waals surface area contributed by atoms with Crippen LogP contribution in [-0.4, -0.2) is 17.9 Å². The summed E-state index contributed by atoms with van der Waals surface area (Å²) in [7, 11) is 0. The zero-order valence-corrected chi connectivity index (χ0v) is 28.9. The molecule has 8 nitrogen and oxygen atoms in total. The summed E-state index contributed by atoms with van der Waals surface area (Å²) in [5, 5.41) is 9.57. The number of hydrogen-bond acceptors (Lipinski definition) is 8. The Balaban J connectivity index is 1.59. The number of ether oxygens (including phenoxy) is 3. The molecule has 0 unspecified atom stereocenters. The lowest BCUT2D eigenvalue weighted by atomic mass is 9.91. The van der Waals surface area contributed by atoms with Crippen molar-refractivity contribution in [3.05, 3.63) is 185 Å². The molecule has 258 valence electrons. The van der Waals surface area contributed by atoms with Crippen molar-refractivity contribution in [3.8, 4) is 17.2 Å². The molecule has 0 aliphatic heterocycles. The Morgan fingerprint density at radius 2 is 0.885 bits per heavy atom. The molecule has 6 rings (SSSR count). The van der Waals surface area contributed by atoms with Crippen LogP contribution in [0.25, 0.3) is 0 Å². The summed E-state index contributed by atoms with van der Waals surface area (Å²) in [5.41, 5.74) is 7.04. The van der Waals surface area contributed by atoms with Gasteiger partial charge in [-0.2, -0.15) is 10.2 Å². The first-order valence-corrected chi connectivity index (χ1v) is 16.8. The molecule has 8 bridgehead atoms. The van der Waals surface area contributed by atoms with Crippen LogP contribution >= 0.6 is 11.6 Å². The van der Waals surface area contributed by atoms with E-state index in [2.05, 4.69) is 36.0 Å². The highest BCUT2D eigenvalue weighted by atomic mass is 35.5. The largest absolute Gasteiger partial charge is 0.423 e. The number of nitrogens with zero attached hydrogens (tertiary/aromatic N) is 2. The van der Waals surface area contributed by atoms with E-state index in [0.29, 0.717) is 74.3 Å². The van der Waals surface area contributed by atoms with Crippen molar-refractivity contribution >= 4 is 40.9 Å². The van der Waals surface area contributed by atoms with Crippen molar-refractivity contribution in [1.82, 2.24) is 0 Å². The molecule has 5 aromatic carbocycles. The Hall–Kier alpha value is -6.38. The quantitative estimate of drug-likeness (QED) is 0.0675. The minimum absolute atomic E-state index is 0.170. The molecule has 1 aliphatic rings. The predicted molar refractivity (Wildman–Crippen MR) is 200 cm³/mol. The summed E-state index contributed by atoms with van der Waals surface area (Å²) in [6.45, 7) is 10.8. The third-order valence-electron chi connectivity index (χ3n) is 8.34. The van der Waals surface area contributed by atoms with E-state index in [1.54, 1.807) is 30.3 Å². The number of hydrogen-bond donors (Lipinski definition) is 0. The number of benzene rings is 5. The molecule has 0 heterocycles. The zero-order valence-electron chi connectivity index (χ0n) is 28.1. The first-order valence-electron chi connectivity index (χ1n) is 16.4. The monoisotopic (exact) mass is 708 g/mol. The molecule has 0 N–H and O–H groups in total. The SMILES string of the molecule is C=CC(=O)Oc1c2cccc1Cc1cccc(c1OC(=O)C=C)Cc1cc(N=Nc3ccc(Cl)cc3)cc(c1OC(=O)C=C)Cc1cccc(c1)C2. The average molecular weight is 709 g/mol. The van der Waals surface area contributed by atoms with Crippen LogP contribution in [0.1, 0.15) is 44.5 Å². The van der Waals surface area contributed by atoms with Crippen LogP contribution in [0.5, 0.6) is 17.2 Å². The molecule has 0 saturated heterocycles. The lowest BCUT2D eigenvalue weighted by Crippen LogP contribution is -2.12. The van der Waals surface area contributed by atoms with Crippen molar-refractivity contribution in [2.45, 2.75) is 25.7 Å². The average Bonchev–Trinajstić information content (AvgIpc) is 3.14. The first-order chi connectivity index (χ1) is 25.2. The van der Waals surface area contributed by atoms with E-state index in [9.17, 15) is 14.4 Å². The molecule has 9 heteroatoms. The molecule has 0 fully saturated rings. The Morgan fingerprint density at radius 3 is 1.38 bits per heavy atom. The maximum Gasteiger partial charge on any atom is 0.335 e. The lowest BCUT2D eigenvalue weighted by Gasteiger charge is -2.20. The number of fused-ring (bicyclic) bond motifs is 8. The Morgan fingerprint density at radius 1 is 0.500 bits per heavy atom. The lowest BCUT2D eigenvalue weighted by molar-refractivity contribution is -0.129. The maximum atomic E-state index is 12.8. The second-order valence-electron chi connectivity index (χ2n) is 12.0. The van der Waals surface area contributed by atoms with Gasteiger partial charge in [0, 0.05) is 60.1 Å². The second kappa shape index (κ2) is 16.1. The molecular weight excluding hydrogens is 676 g/mol. The fraction of sp³-hybridized carbons (Fsp3) is 0.0930. The van der Waals surface area contributed by atoms with Gasteiger partial charge in [-0.15, -0.1) is 0 Å². The molecule has 0 spiro atoms. The van der Waals surface area contributed by atoms with Gasteiger partial charge in [0.25, 0.3) is 0 Å². The van der Waals surface area contributed by atoms with Gasteiger partial charge < -0.3 is 14.2 Å². The van der Waals surface area contributed by atoms with Crippen LogP contribution in [0.15, 0.2) is 145 Å². The van der Waals surface area contributed by atoms with Crippen molar-refractivity contribution in [3.63, 3.8) is 0 Å². The molecule has 0 aromatic heterocycles.